The van der Waals surface area contributed by atoms with E-state index in [4.69, 9.17) is 4.98 Å². The molecule has 5 aromatic rings. The second-order valence-corrected chi connectivity index (χ2v) is 8.52. The first kappa shape index (κ1) is 18.5. The molecule has 0 atom stereocenters. The second-order valence-electron chi connectivity index (χ2n) is 7.57. The molecule has 146 valence electrons. The number of hydrogen-bond acceptors (Lipinski definition) is 3. The summed E-state index contributed by atoms with van der Waals surface area (Å²) in [4.78, 5) is 22.0. The van der Waals surface area contributed by atoms with E-state index < -0.39 is 0 Å². The monoisotopic (exact) mass is 408 g/mol. The Labute approximate surface area is 178 Å². The summed E-state index contributed by atoms with van der Waals surface area (Å²) in [6.45, 7) is 4.13. The molecular weight excluding hydrogens is 388 g/mol. The molecular formula is C26H20N2OS. The van der Waals surface area contributed by atoms with E-state index in [-0.39, 0.29) is 5.56 Å². The van der Waals surface area contributed by atoms with Crippen LogP contribution in [0.3, 0.4) is 0 Å². The first-order valence-electron chi connectivity index (χ1n) is 9.84. The van der Waals surface area contributed by atoms with Crippen LogP contribution in [0.5, 0.6) is 0 Å². The van der Waals surface area contributed by atoms with Gasteiger partial charge < -0.3 is 4.98 Å². The fraction of sp³-hybridized carbons (Fsp3) is 0.0769. The summed E-state index contributed by atoms with van der Waals surface area (Å²) in [5.41, 5.74) is 7.42. The van der Waals surface area contributed by atoms with Crippen molar-refractivity contribution in [2.24, 2.45) is 0 Å². The topological polar surface area (TPSA) is 45.8 Å². The highest BCUT2D eigenvalue weighted by molar-refractivity contribution is 7.13. The van der Waals surface area contributed by atoms with E-state index in [0.717, 1.165) is 43.9 Å². The van der Waals surface area contributed by atoms with Gasteiger partial charge >= 0.3 is 0 Å². The van der Waals surface area contributed by atoms with E-state index in [1.54, 1.807) is 11.3 Å². The van der Waals surface area contributed by atoms with Crippen molar-refractivity contribution in [3.05, 3.63) is 99.7 Å². The van der Waals surface area contributed by atoms with Gasteiger partial charge in [-0.1, -0.05) is 47.5 Å². The third-order valence-corrected chi connectivity index (χ3v) is 6.15. The van der Waals surface area contributed by atoms with E-state index in [2.05, 4.69) is 55.2 Å². The highest BCUT2D eigenvalue weighted by Gasteiger charge is 2.12. The highest BCUT2D eigenvalue weighted by Crippen LogP contribution is 2.31. The van der Waals surface area contributed by atoms with Crippen LogP contribution in [-0.4, -0.2) is 9.97 Å². The maximum Gasteiger partial charge on any atom is 0.256 e. The molecule has 0 radical (unpaired) electrons. The number of aryl methyl sites for hydroxylation is 2. The van der Waals surface area contributed by atoms with Gasteiger partial charge in [0, 0.05) is 16.6 Å². The van der Waals surface area contributed by atoms with Gasteiger partial charge in [-0.2, -0.15) is 0 Å². The average molecular weight is 409 g/mol. The first-order valence-corrected chi connectivity index (χ1v) is 10.7. The van der Waals surface area contributed by atoms with Gasteiger partial charge in [0.15, 0.2) is 0 Å². The zero-order valence-corrected chi connectivity index (χ0v) is 17.6. The van der Waals surface area contributed by atoms with Crippen molar-refractivity contribution in [1.82, 2.24) is 9.97 Å². The molecule has 0 amide bonds. The van der Waals surface area contributed by atoms with Gasteiger partial charge in [-0.15, -0.1) is 11.3 Å². The van der Waals surface area contributed by atoms with Crippen molar-refractivity contribution in [3.8, 4) is 33.0 Å². The van der Waals surface area contributed by atoms with Crippen molar-refractivity contribution >= 4 is 22.2 Å². The minimum Gasteiger partial charge on any atom is -0.321 e. The van der Waals surface area contributed by atoms with Crippen LogP contribution < -0.4 is 5.56 Å². The Morgan fingerprint density at radius 3 is 2.33 bits per heavy atom. The molecule has 0 aliphatic heterocycles. The quantitative estimate of drug-likeness (QED) is 0.365. The number of fused-ring (bicyclic) bond motifs is 1. The maximum atomic E-state index is 12.9. The third kappa shape index (κ3) is 3.46. The molecule has 0 fully saturated rings. The first-order chi connectivity index (χ1) is 14.6. The Kier molecular flexibility index (Phi) is 4.57. The number of H-pyrrole nitrogens is 1. The zero-order chi connectivity index (χ0) is 20.7. The normalized spacial score (nSPS) is 11.1. The zero-order valence-electron chi connectivity index (χ0n) is 16.8. The molecule has 0 spiro atoms. The fourth-order valence-corrected chi connectivity index (χ4v) is 4.34. The molecule has 30 heavy (non-hydrogen) atoms. The number of rotatable bonds is 3. The maximum absolute atomic E-state index is 12.9. The van der Waals surface area contributed by atoms with Gasteiger partial charge in [-0.3, -0.25) is 4.79 Å². The summed E-state index contributed by atoms with van der Waals surface area (Å²) in [7, 11) is 0. The molecule has 3 aromatic heterocycles. The number of nitrogens with zero attached hydrogens (tertiary/aromatic N) is 1. The summed E-state index contributed by atoms with van der Waals surface area (Å²) in [6, 6.07) is 24.5. The van der Waals surface area contributed by atoms with Crippen LogP contribution >= 0.6 is 11.3 Å². The van der Waals surface area contributed by atoms with Gasteiger partial charge in [0.25, 0.3) is 5.56 Å². The molecule has 0 aliphatic rings. The molecule has 0 bridgehead atoms. The lowest BCUT2D eigenvalue weighted by molar-refractivity contribution is 1.29. The lowest BCUT2D eigenvalue weighted by atomic mass is 10.0. The number of hydrogen-bond donors (Lipinski definition) is 1. The third-order valence-electron chi connectivity index (χ3n) is 5.26. The number of pyridine rings is 2. The fourth-order valence-electron chi connectivity index (χ4n) is 3.65. The smallest absolute Gasteiger partial charge is 0.256 e. The molecule has 3 heterocycles. The van der Waals surface area contributed by atoms with Crippen molar-refractivity contribution in [2.45, 2.75) is 13.8 Å². The van der Waals surface area contributed by atoms with Crippen LogP contribution in [-0.2, 0) is 0 Å². The van der Waals surface area contributed by atoms with Crippen LogP contribution in [0.2, 0.25) is 0 Å². The number of aromatic nitrogens is 2. The summed E-state index contributed by atoms with van der Waals surface area (Å²) in [5, 5.41) is 3.07. The largest absolute Gasteiger partial charge is 0.321 e. The average Bonchev–Trinajstić information content (AvgIpc) is 3.29. The molecule has 0 unspecified atom stereocenters. The Hall–Kier alpha value is -3.50. The van der Waals surface area contributed by atoms with E-state index in [0.29, 0.717) is 5.56 Å². The minimum absolute atomic E-state index is 0.0930. The van der Waals surface area contributed by atoms with Crippen LogP contribution in [0.15, 0.2) is 83.0 Å². The van der Waals surface area contributed by atoms with Gasteiger partial charge in [-0.25, -0.2) is 4.98 Å². The lowest BCUT2D eigenvalue weighted by Crippen LogP contribution is -2.09. The molecule has 3 nitrogen and oxygen atoms in total. The van der Waals surface area contributed by atoms with Crippen LogP contribution in [0.4, 0.5) is 0 Å². The van der Waals surface area contributed by atoms with E-state index in [1.807, 2.05) is 41.8 Å². The van der Waals surface area contributed by atoms with Gasteiger partial charge in [-0.05, 0) is 66.6 Å². The molecule has 1 N–H and O–H groups in total. The van der Waals surface area contributed by atoms with E-state index >= 15 is 0 Å². The molecule has 2 aromatic carbocycles. The molecule has 0 aliphatic carbocycles. The van der Waals surface area contributed by atoms with Crippen LogP contribution in [0.25, 0.3) is 43.9 Å². The predicted octanol–water partition coefficient (Wildman–Crippen LogP) is 6.60. The Morgan fingerprint density at radius 2 is 1.57 bits per heavy atom. The second kappa shape index (κ2) is 7.39. The molecule has 0 saturated heterocycles. The highest BCUT2D eigenvalue weighted by atomic mass is 32.1. The Balaban J connectivity index is 1.75. The number of benzene rings is 2. The summed E-state index contributed by atoms with van der Waals surface area (Å²) in [6.07, 6.45) is 0. The van der Waals surface area contributed by atoms with Gasteiger partial charge in [0.2, 0.25) is 0 Å². The molecule has 5 rings (SSSR count). The number of nitrogens with one attached hydrogen (secondary N) is 1. The number of thiophene rings is 1. The Morgan fingerprint density at radius 1 is 0.800 bits per heavy atom. The standard InChI is InChI=1S/C26H20N2OS/c1-16-5-8-18(9-6-16)23-14-19(15-24(27-23)25-4-3-11-30-25)21-13-20-12-17(2)7-10-22(20)28-26(21)29/h3-15H,1-2H3,(H,28,29). The van der Waals surface area contributed by atoms with Gasteiger partial charge in [0.1, 0.15) is 0 Å². The summed E-state index contributed by atoms with van der Waals surface area (Å²) < 4.78 is 0. The van der Waals surface area contributed by atoms with E-state index in [9.17, 15) is 4.79 Å². The van der Waals surface area contributed by atoms with Crippen LogP contribution in [0, 0.1) is 13.8 Å². The summed E-state index contributed by atoms with van der Waals surface area (Å²) >= 11 is 1.65. The summed E-state index contributed by atoms with van der Waals surface area (Å²) in [5.74, 6) is 0. The van der Waals surface area contributed by atoms with Crippen molar-refractivity contribution in [3.63, 3.8) is 0 Å². The lowest BCUT2D eigenvalue weighted by Gasteiger charge is -2.10. The molecule has 0 saturated carbocycles. The predicted molar refractivity (Wildman–Crippen MR) is 126 cm³/mol. The van der Waals surface area contributed by atoms with Crippen molar-refractivity contribution < 1.29 is 0 Å². The van der Waals surface area contributed by atoms with Crippen molar-refractivity contribution in [1.29, 1.82) is 0 Å². The minimum atomic E-state index is -0.0930. The Bertz CT molecular complexity index is 1410. The van der Waals surface area contributed by atoms with E-state index in [1.165, 1.54) is 5.56 Å². The SMILES string of the molecule is Cc1ccc(-c2cc(-c3cc4cc(C)ccc4[nH]c3=O)cc(-c3cccs3)n2)cc1. The number of aromatic amines is 1. The van der Waals surface area contributed by atoms with Crippen molar-refractivity contribution in [2.75, 3.05) is 0 Å². The van der Waals surface area contributed by atoms with Gasteiger partial charge in [0.05, 0.1) is 16.3 Å². The molecule has 4 heteroatoms. The van der Waals surface area contributed by atoms with Crippen LogP contribution in [0.1, 0.15) is 11.1 Å².